The van der Waals surface area contributed by atoms with Crippen LogP contribution in [0, 0.1) is 12.8 Å². The summed E-state index contributed by atoms with van der Waals surface area (Å²) in [5, 5.41) is 8.44. The number of hydrogen-bond acceptors (Lipinski definition) is 9. The number of rotatable bonds is 8. The van der Waals surface area contributed by atoms with E-state index >= 15 is 0 Å². The average molecular weight is 539 g/mol. The first-order chi connectivity index (χ1) is 19.4. The second-order valence-corrected chi connectivity index (χ2v) is 10.5. The van der Waals surface area contributed by atoms with Gasteiger partial charge in [-0.1, -0.05) is 0 Å². The third-order valence-corrected chi connectivity index (χ3v) is 7.38. The number of carbonyl (C=O) groups is 3. The van der Waals surface area contributed by atoms with Crippen LogP contribution in [-0.2, 0) is 16.1 Å². The Kier molecular flexibility index (Phi) is 5.65. The molecule has 0 spiro atoms. The third kappa shape index (κ3) is 4.70. The summed E-state index contributed by atoms with van der Waals surface area (Å²) in [5.41, 5.74) is 3.93. The van der Waals surface area contributed by atoms with Gasteiger partial charge in [0.25, 0.3) is 0 Å². The van der Waals surface area contributed by atoms with Crippen LogP contribution in [0.25, 0.3) is 5.65 Å². The fraction of sp³-hybridized carbons (Fsp3) is 0.333. The van der Waals surface area contributed by atoms with Crippen LogP contribution in [0.2, 0.25) is 0 Å². The van der Waals surface area contributed by atoms with Crippen LogP contribution in [0.15, 0.2) is 43.1 Å². The van der Waals surface area contributed by atoms with Gasteiger partial charge in [0.05, 0.1) is 17.9 Å². The summed E-state index contributed by atoms with van der Waals surface area (Å²) in [7, 11) is 0. The Balaban J connectivity index is 1.04. The lowest BCUT2D eigenvalue weighted by Gasteiger charge is -2.15. The maximum Gasteiger partial charge on any atom is 0.329 e. The molecule has 4 amide bonds. The van der Waals surface area contributed by atoms with Crippen molar-refractivity contribution in [3.05, 3.63) is 65.9 Å². The standard InChI is InChI=1S/C27H26N10O3/c1-14-4-5-28-24(32-14)18-7-19(18)26(39)34-22-8-21(30-13-31-22)29-9-17-11-36-10-16(15-2-3-15)6-20(25(36)33-17)37-12-23(38)35-27(37)40/h4-6,8,10-11,13,15,18-19H,2-3,7,9,12H2,1H3,(H,35,38,40)(H2,29,30,31,34,39). The second-order valence-electron chi connectivity index (χ2n) is 10.5. The quantitative estimate of drug-likeness (QED) is 0.286. The Labute approximate surface area is 228 Å². The van der Waals surface area contributed by atoms with Crippen LogP contribution in [0.3, 0.4) is 0 Å². The van der Waals surface area contributed by atoms with E-state index in [1.807, 2.05) is 35.9 Å². The molecule has 0 bridgehead atoms. The number of nitrogens with zero attached hydrogens (tertiary/aromatic N) is 7. The van der Waals surface area contributed by atoms with Crippen molar-refractivity contribution in [2.45, 2.75) is 44.6 Å². The molecule has 13 heteroatoms. The summed E-state index contributed by atoms with van der Waals surface area (Å²) in [4.78, 5) is 60.4. The van der Waals surface area contributed by atoms with Gasteiger partial charge in [-0.3, -0.25) is 19.8 Å². The number of pyridine rings is 1. The molecule has 2 saturated carbocycles. The van der Waals surface area contributed by atoms with Crippen LogP contribution < -0.4 is 20.9 Å². The lowest BCUT2D eigenvalue weighted by Crippen LogP contribution is -2.28. The van der Waals surface area contributed by atoms with Crippen molar-refractivity contribution in [1.29, 1.82) is 0 Å². The van der Waals surface area contributed by atoms with Crippen molar-refractivity contribution < 1.29 is 14.4 Å². The number of urea groups is 1. The molecule has 5 heterocycles. The lowest BCUT2D eigenvalue weighted by molar-refractivity contribution is -0.118. The lowest BCUT2D eigenvalue weighted by atomic mass is 10.1. The first kappa shape index (κ1) is 24.1. The Morgan fingerprint density at radius 1 is 1.10 bits per heavy atom. The minimum absolute atomic E-state index is 0.0180. The van der Waals surface area contributed by atoms with Crippen LogP contribution >= 0.6 is 0 Å². The summed E-state index contributed by atoms with van der Waals surface area (Å²) >= 11 is 0. The molecule has 4 aromatic heterocycles. The molecular weight excluding hydrogens is 512 g/mol. The number of amides is 4. The SMILES string of the molecule is Cc1ccnc(C2CC2C(=O)Nc2cc(NCc3cn4cc(C5CC5)cc(N5CC(=O)NC5=O)c4n3)ncn2)n1. The zero-order chi connectivity index (χ0) is 27.4. The molecule has 7 rings (SSSR count). The topological polar surface area (TPSA) is 159 Å². The Bertz CT molecular complexity index is 1680. The van der Waals surface area contributed by atoms with Gasteiger partial charge in [-0.25, -0.2) is 29.7 Å². The van der Waals surface area contributed by atoms with E-state index in [1.54, 1.807) is 12.3 Å². The summed E-state index contributed by atoms with van der Waals surface area (Å²) < 4.78 is 1.91. The van der Waals surface area contributed by atoms with Gasteiger partial charge in [-0.05, 0) is 49.8 Å². The largest absolute Gasteiger partial charge is 0.364 e. The Morgan fingerprint density at radius 2 is 1.95 bits per heavy atom. The van der Waals surface area contributed by atoms with Gasteiger partial charge in [0, 0.05) is 42.2 Å². The number of imide groups is 1. The highest BCUT2D eigenvalue weighted by molar-refractivity contribution is 6.13. The van der Waals surface area contributed by atoms with E-state index in [2.05, 4.69) is 35.9 Å². The number of aromatic nitrogens is 6. The predicted octanol–water partition coefficient (Wildman–Crippen LogP) is 2.51. The third-order valence-electron chi connectivity index (χ3n) is 7.38. The molecule has 40 heavy (non-hydrogen) atoms. The van der Waals surface area contributed by atoms with E-state index in [9.17, 15) is 14.4 Å². The number of aryl methyl sites for hydroxylation is 1. The smallest absolute Gasteiger partial charge is 0.329 e. The number of carbonyl (C=O) groups excluding carboxylic acids is 3. The molecule has 3 fully saturated rings. The molecule has 3 aliphatic rings. The first-order valence-electron chi connectivity index (χ1n) is 13.2. The molecule has 1 aliphatic heterocycles. The number of imidazole rings is 1. The van der Waals surface area contributed by atoms with Crippen molar-refractivity contribution in [3.8, 4) is 0 Å². The van der Waals surface area contributed by atoms with Crippen molar-refractivity contribution in [2.24, 2.45) is 5.92 Å². The average Bonchev–Trinajstić information content (AvgIpc) is 3.86. The van der Waals surface area contributed by atoms with Gasteiger partial charge in [0.15, 0.2) is 5.65 Å². The number of nitrogens with one attached hydrogen (secondary N) is 3. The Hall–Kier alpha value is -4.94. The maximum absolute atomic E-state index is 12.8. The summed E-state index contributed by atoms with van der Waals surface area (Å²) in [6, 6.07) is 5.03. The second kappa shape index (κ2) is 9.36. The van der Waals surface area contributed by atoms with Gasteiger partial charge < -0.3 is 15.0 Å². The summed E-state index contributed by atoms with van der Waals surface area (Å²) in [6.07, 6.45) is 9.95. The molecular formula is C27H26N10O3. The van der Waals surface area contributed by atoms with Gasteiger partial charge >= 0.3 is 6.03 Å². The normalized spacial score (nSPS) is 20.1. The monoisotopic (exact) mass is 538 g/mol. The molecule has 13 nitrogen and oxygen atoms in total. The molecule has 202 valence electrons. The van der Waals surface area contributed by atoms with Crippen LogP contribution in [0.1, 0.15) is 53.9 Å². The summed E-state index contributed by atoms with van der Waals surface area (Å²) in [6.45, 7) is 2.23. The van der Waals surface area contributed by atoms with E-state index in [0.29, 0.717) is 47.7 Å². The molecule has 2 aliphatic carbocycles. The predicted molar refractivity (Wildman–Crippen MR) is 144 cm³/mol. The highest BCUT2D eigenvalue weighted by Crippen LogP contribution is 2.46. The van der Waals surface area contributed by atoms with Crippen molar-refractivity contribution >= 4 is 40.8 Å². The van der Waals surface area contributed by atoms with Gasteiger partial charge in [0.1, 0.15) is 30.3 Å². The van der Waals surface area contributed by atoms with Crippen LogP contribution in [0.5, 0.6) is 0 Å². The molecule has 2 atom stereocenters. The summed E-state index contributed by atoms with van der Waals surface area (Å²) in [5.74, 6) is 1.46. The molecule has 0 radical (unpaired) electrons. The Morgan fingerprint density at radius 3 is 2.73 bits per heavy atom. The minimum Gasteiger partial charge on any atom is -0.364 e. The van der Waals surface area contributed by atoms with E-state index in [-0.39, 0.29) is 30.2 Å². The molecule has 2 unspecified atom stereocenters. The zero-order valence-corrected chi connectivity index (χ0v) is 21.7. The fourth-order valence-electron chi connectivity index (χ4n) is 5.05. The van der Waals surface area contributed by atoms with Gasteiger partial charge in [-0.15, -0.1) is 0 Å². The highest BCUT2D eigenvalue weighted by atomic mass is 16.2. The number of anilines is 3. The van der Waals surface area contributed by atoms with E-state index in [0.717, 1.165) is 29.8 Å². The van der Waals surface area contributed by atoms with Crippen molar-refractivity contribution in [3.63, 3.8) is 0 Å². The number of fused-ring (bicyclic) bond motifs is 1. The highest BCUT2D eigenvalue weighted by Gasteiger charge is 2.46. The van der Waals surface area contributed by atoms with Crippen molar-refractivity contribution in [2.75, 3.05) is 22.1 Å². The van der Waals surface area contributed by atoms with Crippen LogP contribution in [0.4, 0.5) is 22.1 Å². The van der Waals surface area contributed by atoms with Gasteiger partial charge in [0.2, 0.25) is 11.8 Å². The van der Waals surface area contributed by atoms with Crippen LogP contribution in [-0.4, -0.2) is 53.7 Å². The van der Waals surface area contributed by atoms with E-state index < -0.39 is 6.03 Å². The zero-order valence-electron chi connectivity index (χ0n) is 21.7. The molecule has 3 N–H and O–H groups in total. The van der Waals surface area contributed by atoms with Gasteiger partial charge in [-0.2, -0.15) is 0 Å². The molecule has 4 aromatic rings. The minimum atomic E-state index is -0.443. The van der Waals surface area contributed by atoms with E-state index in [1.165, 1.54) is 11.2 Å². The number of hydrogen-bond donors (Lipinski definition) is 3. The fourth-order valence-corrected chi connectivity index (χ4v) is 5.05. The molecule has 0 aromatic carbocycles. The van der Waals surface area contributed by atoms with Crippen molar-refractivity contribution in [1.82, 2.24) is 34.6 Å². The van der Waals surface area contributed by atoms with E-state index in [4.69, 9.17) is 4.98 Å². The first-order valence-corrected chi connectivity index (χ1v) is 13.2. The molecule has 1 saturated heterocycles. The maximum atomic E-state index is 12.8.